The Morgan fingerprint density at radius 1 is 0.724 bits per heavy atom. The van der Waals surface area contributed by atoms with E-state index in [9.17, 15) is 19.2 Å². The van der Waals surface area contributed by atoms with Crippen LogP contribution in [-0.4, -0.2) is 50.3 Å². The summed E-state index contributed by atoms with van der Waals surface area (Å²) in [4.78, 5) is 51.9. The molecule has 0 amide bonds. The van der Waals surface area contributed by atoms with Crippen LogP contribution in [0.15, 0.2) is 30.3 Å². The number of benzene rings is 1. The Bertz CT molecular complexity index is 652. The summed E-state index contributed by atoms with van der Waals surface area (Å²) in [5.74, 6) is -6.03. The van der Waals surface area contributed by atoms with Crippen LogP contribution in [-0.2, 0) is 44.5 Å². The van der Waals surface area contributed by atoms with Gasteiger partial charge >= 0.3 is 23.9 Å². The Hall–Kier alpha value is -2.90. The van der Waals surface area contributed by atoms with Crippen molar-refractivity contribution >= 4 is 23.9 Å². The van der Waals surface area contributed by atoms with Crippen molar-refractivity contribution in [3.8, 4) is 0 Å². The lowest BCUT2D eigenvalue weighted by atomic mass is 9.72. The van der Waals surface area contributed by atoms with Gasteiger partial charge in [0.25, 0.3) is 5.41 Å². The van der Waals surface area contributed by atoms with E-state index in [0.717, 1.165) is 0 Å². The molecule has 0 fully saturated rings. The molecule has 0 aliphatic rings. The Morgan fingerprint density at radius 2 is 1.14 bits per heavy atom. The van der Waals surface area contributed by atoms with Crippen LogP contribution in [0.2, 0.25) is 0 Å². The van der Waals surface area contributed by atoms with Crippen molar-refractivity contribution in [1.29, 1.82) is 0 Å². The van der Waals surface area contributed by atoms with Crippen molar-refractivity contribution in [3.05, 3.63) is 35.9 Å². The molecule has 160 valence electrons. The Balaban J connectivity index is 3.69. The van der Waals surface area contributed by atoms with Gasteiger partial charge in [0, 0.05) is 0 Å². The predicted octanol–water partition coefficient (Wildman–Crippen LogP) is 2.08. The molecule has 29 heavy (non-hydrogen) atoms. The van der Waals surface area contributed by atoms with Crippen LogP contribution in [0.1, 0.15) is 33.3 Å². The van der Waals surface area contributed by atoms with E-state index in [-0.39, 0.29) is 32.8 Å². The average Bonchev–Trinajstić information content (AvgIpc) is 2.69. The summed E-state index contributed by atoms with van der Waals surface area (Å²) in [6.07, 6.45) is -0.129. The molecule has 1 aromatic rings. The number of hydrogen-bond donors (Lipinski definition) is 0. The van der Waals surface area contributed by atoms with Gasteiger partial charge in [-0.2, -0.15) is 0 Å². The molecule has 8 heteroatoms. The highest BCUT2D eigenvalue weighted by Crippen LogP contribution is 2.37. The molecular weight excluding hydrogens is 380 g/mol. The van der Waals surface area contributed by atoms with E-state index < -0.39 is 35.2 Å². The number of hydrogen-bond acceptors (Lipinski definition) is 8. The van der Waals surface area contributed by atoms with Gasteiger partial charge in [-0.05, 0) is 39.7 Å². The Kier molecular flexibility index (Phi) is 9.85. The fourth-order valence-corrected chi connectivity index (χ4v) is 2.92. The molecule has 1 aromatic carbocycles. The predicted molar refractivity (Wildman–Crippen MR) is 103 cm³/mol. The van der Waals surface area contributed by atoms with Crippen LogP contribution in [0.3, 0.4) is 0 Å². The molecule has 0 aliphatic heterocycles. The van der Waals surface area contributed by atoms with Crippen molar-refractivity contribution in [1.82, 2.24) is 0 Å². The maximum absolute atomic E-state index is 13.0. The van der Waals surface area contributed by atoms with Crippen LogP contribution < -0.4 is 0 Å². The second-order valence-electron chi connectivity index (χ2n) is 5.96. The maximum atomic E-state index is 13.0. The first kappa shape index (κ1) is 24.1. The highest BCUT2D eigenvalue weighted by Gasteiger charge is 2.65. The molecule has 0 saturated heterocycles. The molecule has 0 heterocycles. The van der Waals surface area contributed by atoms with Crippen LogP contribution in [0.25, 0.3) is 0 Å². The van der Waals surface area contributed by atoms with Gasteiger partial charge in [-0.1, -0.05) is 30.3 Å². The normalized spacial score (nSPS) is 11.9. The summed E-state index contributed by atoms with van der Waals surface area (Å²) < 4.78 is 20.2. The second kappa shape index (κ2) is 11.8. The molecule has 1 atom stereocenters. The van der Waals surface area contributed by atoms with Gasteiger partial charge in [0.2, 0.25) is 0 Å². The Morgan fingerprint density at radius 3 is 1.52 bits per heavy atom. The van der Waals surface area contributed by atoms with Gasteiger partial charge in [0.1, 0.15) is 0 Å². The summed E-state index contributed by atoms with van der Waals surface area (Å²) in [6.45, 7) is 5.81. The average molecular weight is 408 g/mol. The van der Waals surface area contributed by atoms with Gasteiger partial charge in [0.05, 0.1) is 32.3 Å². The van der Waals surface area contributed by atoms with E-state index in [0.29, 0.717) is 5.56 Å². The number of rotatable bonds is 11. The lowest BCUT2D eigenvalue weighted by Gasteiger charge is -2.32. The fraction of sp³-hybridized carbons (Fsp3) is 0.524. The van der Waals surface area contributed by atoms with Crippen molar-refractivity contribution in [2.75, 3.05) is 26.4 Å². The topological polar surface area (TPSA) is 105 Å². The first-order valence-electron chi connectivity index (χ1n) is 9.62. The zero-order valence-corrected chi connectivity index (χ0v) is 17.3. The first-order chi connectivity index (χ1) is 13.9. The minimum atomic E-state index is -2.63. The van der Waals surface area contributed by atoms with E-state index >= 15 is 0 Å². The zero-order valence-electron chi connectivity index (χ0n) is 17.3. The van der Waals surface area contributed by atoms with E-state index in [1.54, 1.807) is 37.3 Å². The summed E-state index contributed by atoms with van der Waals surface area (Å²) in [7, 11) is 0. The smallest absolute Gasteiger partial charge is 0.336 e. The Labute approximate surface area is 170 Å². The van der Waals surface area contributed by atoms with Crippen molar-refractivity contribution in [2.45, 2.75) is 34.1 Å². The third kappa shape index (κ3) is 5.56. The molecule has 1 rings (SSSR count). The highest BCUT2D eigenvalue weighted by atomic mass is 16.6. The lowest BCUT2D eigenvalue weighted by Crippen LogP contribution is -2.57. The second-order valence-corrected chi connectivity index (χ2v) is 5.96. The number of carbonyl (C=O) groups excluding carboxylic acids is 4. The maximum Gasteiger partial charge on any atom is 0.336 e. The third-order valence-electron chi connectivity index (χ3n) is 4.17. The fourth-order valence-electron chi connectivity index (χ4n) is 2.92. The minimum Gasteiger partial charge on any atom is -0.466 e. The molecule has 0 bridgehead atoms. The van der Waals surface area contributed by atoms with E-state index in [1.807, 2.05) is 0 Å². The number of esters is 4. The van der Waals surface area contributed by atoms with Crippen LogP contribution in [0, 0.1) is 11.3 Å². The zero-order chi connectivity index (χ0) is 21.9. The molecule has 0 saturated carbocycles. The van der Waals surface area contributed by atoms with Gasteiger partial charge < -0.3 is 18.9 Å². The molecule has 8 nitrogen and oxygen atoms in total. The van der Waals surface area contributed by atoms with E-state index in [4.69, 9.17) is 18.9 Å². The molecule has 0 N–H and O–H groups in total. The van der Waals surface area contributed by atoms with E-state index in [2.05, 4.69) is 0 Å². The number of ether oxygens (including phenoxy) is 4. The van der Waals surface area contributed by atoms with Gasteiger partial charge in [0.15, 0.2) is 0 Å². The summed E-state index contributed by atoms with van der Waals surface area (Å²) in [5, 5.41) is 0. The molecule has 0 aliphatic carbocycles. The molecule has 0 spiro atoms. The standard InChI is InChI=1S/C21H28O8/c1-5-26-17(22)16(14-15-12-10-9-11-13-15)21(18(23)27-6-2,19(24)28-7-3)20(25)29-8-4/h9-13,16H,5-8,14H2,1-4H3. The molecular formula is C21H28O8. The van der Waals surface area contributed by atoms with Gasteiger partial charge in [-0.25, -0.2) is 0 Å². The lowest BCUT2D eigenvalue weighted by molar-refractivity contribution is -0.194. The monoisotopic (exact) mass is 408 g/mol. The SMILES string of the molecule is CCOC(=O)C(Cc1ccccc1)C(C(=O)OCC)(C(=O)OCC)C(=O)OCC. The summed E-state index contributed by atoms with van der Waals surface area (Å²) in [6, 6.07) is 8.66. The molecule has 1 unspecified atom stereocenters. The highest BCUT2D eigenvalue weighted by molar-refractivity contribution is 6.20. The van der Waals surface area contributed by atoms with Gasteiger partial charge in [-0.3, -0.25) is 19.2 Å². The van der Waals surface area contributed by atoms with Crippen LogP contribution in [0.5, 0.6) is 0 Å². The quantitative estimate of drug-likeness (QED) is 0.311. The van der Waals surface area contributed by atoms with Crippen LogP contribution in [0.4, 0.5) is 0 Å². The van der Waals surface area contributed by atoms with Gasteiger partial charge in [-0.15, -0.1) is 0 Å². The van der Waals surface area contributed by atoms with E-state index in [1.165, 1.54) is 20.8 Å². The van der Waals surface area contributed by atoms with Crippen molar-refractivity contribution in [2.24, 2.45) is 11.3 Å². The molecule has 0 aromatic heterocycles. The minimum absolute atomic E-state index is 0.00528. The summed E-state index contributed by atoms with van der Waals surface area (Å²) >= 11 is 0. The largest absolute Gasteiger partial charge is 0.466 e. The first-order valence-corrected chi connectivity index (χ1v) is 9.62. The third-order valence-corrected chi connectivity index (χ3v) is 4.17. The number of carbonyl (C=O) groups is 4. The summed E-state index contributed by atoms with van der Waals surface area (Å²) in [5.41, 5.74) is -2.02. The molecule has 0 radical (unpaired) electrons. The van der Waals surface area contributed by atoms with Crippen molar-refractivity contribution in [3.63, 3.8) is 0 Å². The van der Waals surface area contributed by atoms with Crippen molar-refractivity contribution < 1.29 is 38.1 Å². The van der Waals surface area contributed by atoms with Crippen LogP contribution >= 0.6 is 0 Å².